The van der Waals surface area contributed by atoms with Crippen LogP contribution in [0.3, 0.4) is 0 Å². The Morgan fingerprint density at radius 1 is 1.59 bits per heavy atom. The summed E-state index contributed by atoms with van der Waals surface area (Å²) in [4.78, 5) is 13.0. The van der Waals surface area contributed by atoms with Gasteiger partial charge in [-0.25, -0.2) is 4.79 Å². The van der Waals surface area contributed by atoms with E-state index in [0.29, 0.717) is 6.04 Å². The summed E-state index contributed by atoms with van der Waals surface area (Å²) in [5.41, 5.74) is 1.26. The van der Waals surface area contributed by atoms with Gasteiger partial charge in [0.1, 0.15) is 0 Å². The monoisotopic (exact) mass is 297 g/mol. The number of hydrogen-bond acceptors (Lipinski definition) is 2. The molecule has 1 rings (SSSR count). The number of anilines is 1. The first kappa shape index (κ1) is 13.8. The summed E-state index contributed by atoms with van der Waals surface area (Å²) in [5.74, 6) is -0.919. The zero-order valence-corrected chi connectivity index (χ0v) is 11.6. The predicted molar refractivity (Wildman–Crippen MR) is 73.8 cm³/mol. The van der Waals surface area contributed by atoms with Crippen molar-refractivity contribution in [3.05, 3.63) is 40.9 Å². The number of carboxylic acid groups (broad SMARTS) is 1. The zero-order chi connectivity index (χ0) is 13.0. The molecular formula is C13H16BrNO2. The Hall–Kier alpha value is -1.29. The quantitative estimate of drug-likeness (QED) is 0.845. The number of carbonyl (C=O) groups is 1. The molecule has 0 atom stereocenters. The summed E-state index contributed by atoms with van der Waals surface area (Å²) in [6, 6.07) is 5.37. The molecule has 0 amide bonds. The second kappa shape index (κ2) is 5.87. The number of rotatable bonds is 5. The lowest BCUT2D eigenvalue weighted by Crippen LogP contribution is -2.31. The van der Waals surface area contributed by atoms with Gasteiger partial charge in [0.05, 0.1) is 11.3 Å². The van der Waals surface area contributed by atoms with Crippen molar-refractivity contribution >= 4 is 27.6 Å². The van der Waals surface area contributed by atoms with Crippen molar-refractivity contribution in [3.63, 3.8) is 0 Å². The molecule has 92 valence electrons. The second-order valence-corrected chi connectivity index (χ2v) is 4.86. The molecule has 0 unspecified atom stereocenters. The molecular weight excluding hydrogens is 282 g/mol. The molecule has 0 saturated heterocycles. The van der Waals surface area contributed by atoms with Crippen LogP contribution < -0.4 is 4.90 Å². The van der Waals surface area contributed by atoms with Gasteiger partial charge in [-0.2, -0.15) is 0 Å². The standard InChI is InChI=1S/C13H16BrNO2/c1-4-7-15(9(2)3)12-6-5-10(13(16)17)8-11(12)14/h4-6,8-9H,1,7H2,2-3H3,(H,16,17). The van der Waals surface area contributed by atoms with Gasteiger partial charge in [0.15, 0.2) is 0 Å². The molecule has 4 heteroatoms. The molecule has 0 saturated carbocycles. The smallest absolute Gasteiger partial charge is 0.335 e. The minimum Gasteiger partial charge on any atom is -0.478 e. The fraction of sp³-hybridized carbons (Fsp3) is 0.308. The normalized spacial score (nSPS) is 10.4. The number of nitrogens with zero attached hydrogens (tertiary/aromatic N) is 1. The van der Waals surface area contributed by atoms with Gasteiger partial charge in [-0.15, -0.1) is 6.58 Å². The van der Waals surface area contributed by atoms with Crippen LogP contribution in [0.5, 0.6) is 0 Å². The Morgan fingerprint density at radius 3 is 2.65 bits per heavy atom. The number of benzene rings is 1. The molecule has 1 aromatic rings. The third-order valence-electron chi connectivity index (χ3n) is 2.45. The minimum absolute atomic E-state index is 0.280. The van der Waals surface area contributed by atoms with E-state index in [2.05, 4.69) is 41.3 Å². The largest absolute Gasteiger partial charge is 0.478 e. The molecule has 0 fully saturated rings. The van der Waals surface area contributed by atoms with Crippen molar-refractivity contribution < 1.29 is 9.90 Å². The van der Waals surface area contributed by atoms with Gasteiger partial charge in [-0.05, 0) is 48.0 Å². The SMILES string of the molecule is C=CCN(c1ccc(C(=O)O)cc1Br)C(C)C. The maximum absolute atomic E-state index is 10.8. The molecule has 0 bridgehead atoms. The summed E-state index contributed by atoms with van der Waals surface area (Å²) in [5, 5.41) is 8.90. The van der Waals surface area contributed by atoms with Crippen LogP contribution in [0.4, 0.5) is 5.69 Å². The predicted octanol–water partition coefficient (Wildman–Crippen LogP) is 3.55. The van der Waals surface area contributed by atoms with Crippen molar-refractivity contribution in [1.29, 1.82) is 0 Å². The van der Waals surface area contributed by atoms with Crippen LogP contribution in [0, 0.1) is 0 Å². The van der Waals surface area contributed by atoms with E-state index < -0.39 is 5.97 Å². The van der Waals surface area contributed by atoms with E-state index in [1.165, 1.54) is 0 Å². The summed E-state index contributed by atoms with van der Waals surface area (Å²) in [6.45, 7) is 8.63. The highest BCUT2D eigenvalue weighted by Crippen LogP contribution is 2.28. The Morgan fingerprint density at radius 2 is 2.24 bits per heavy atom. The Bertz CT molecular complexity index is 429. The van der Waals surface area contributed by atoms with Gasteiger partial charge in [0.2, 0.25) is 0 Å². The van der Waals surface area contributed by atoms with Crippen molar-refractivity contribution in [3.8, 4) is 0 Å². The summed E-state index contributed by atoms with van der Waals surface area (Å²) in [6.07, 6.45) is 1.83. The van der Waals surface area contributed by atoms with E-state index in [9.17, 15) is 4.79 Å². The van der Waals surface area contributed by atoms with Crippen LogP contribution in [0.2, 0.25) is 0 Å². The average molecular weight is 298 g/mol. The molecule has 1 aromatic carbocycles. The highest BCUT2D eigenvalue weighted by molar-refractivity contribution is 9.10. The average Bonchev–Trinajstić information content (AvgIpc) is 2.26. The Labute approximate surface area is 110 Å². The van der Waals surface area contributed by atoms with Gasteiger partial charge in [0, 0.05) is 17.1 Å². The topological polar surface area (TPSA) is 40.5 Å². The van der Waals surface area contributed by atoms with Gasteiger partial charge >= 0.3 is 5.97 Å². The third-order valence-corrected chi connectivity index (χ3v) is 3.09. The first-order valence-electron chi connectivity index (χ1n) is 5.37. The minimum atomic E-state index is -0.919. The summed E-state index contributed by atoms with van der Waals surface area (Å²) in [7, 11) is 0. The van der Waals surface area contributed by atoms with E-state index in [4.69, 9.17) is 5.11 Å². The van der Waals surface area contributed by atoms with E-state index in [1.54, 1.807) is 12.1 Å². The van der Waals surface area contributed by atoms with Crippen LogP contribution >= 0.6 is 15.9 Å². The maximum Gasteiger partial charge on any atom is 0.335 e. The molecule has 17 heavy (non-hydrogen) atoms. The van der Waals surface area contributed by atoms with Crippen molar-refractivity contribution in [2.45, 2.75) is 19.9 Å². The zero-order valence-electron chi connectivity index (χ0n) is 9.98. The lowest BCUT2D eigenvalue weighted by atomic mass is 10.1. The van der Waals surface area contributed by atoms with Gasteiger partial charge in [0.25, 0.3) is 0 Å². The molecule has 0 aliphatic carbocycles. The molecule has 0 aromatic heterocycles. The first-order chi connectivity index (χ1) is 7.97. The van der Waals surface area contributed by atoms with Crippen molar-refractivity contribution in [2.75, 3.05) is 11.4 Å². The van der Waals surface area contributed by atoms with Crippen LogP contribution in [-0.2, 0) is 0 Å². The fourth-order valence-corrected chi connectivity index (χ4v) is 2.21. The van der Waals surface area contributed by atoms with Crippen LogP contribution in [0.1, 0.15) is 24.2 Å². The lowest BCUT2D eigenvalue weighted by Gasteiger charge is -2.28. The van der Waals surface area contributed by atoms with Crippen molar-refractivity contribution in [2.24, 2.45) is 0 Å². The number of aromatic carboxylic acids is 1. The van der Waals surface area contributed by atoms with Gasteiger partial charge in [-0.1, -0.05) is 6.08 Å². The molecule has 0 aliphatic heterocycles. The van der Waals surface area contributed by atoms with Crippen LogP contribution in [-0.4, -0.2) is 23.7 Å². The number of halogens is 1. The van der Waals surface area contributed by atoms with Crippen molar-refractivity contribution in [1.82, 2.24) is 0 Å². The van der Waals surface area contributed by atoms with E-state index >= 15 is 0 Å². The number of carboxylic acids is 1. The van der Waals surface area contributed by atoms with Gasteiger partial charge in [-0.3, -0.25) is 0 Å². The fourth-order valence-electron chi connectivity index (χ4n) is 1.60. The van der Waals surface area contributed by atoms with Crippen LogP contribution in [0.25, 0.3) is 0 Å². The molecule has 1 N–H and O–H groups in total. The van der Waals surface area contributed by atoms with Gasteiger partial charge < -0.3 is 10.0 Å². The second-order valence-electron chi connectivity index (χ2n) is 4.01. The third kappa shape index (κ3) is 3.33. The summed E-state index contributed by atoms with van der Waals surface area (Å²) < 4.78 is 0.785. The number of hydrogen-bond donors (Lipinski definition) is 1. The molecule has 0 radical (unpaired) electrons. The van der Waals surface area contributed by atoms with E-state index in [0.717, 1.165) is 16.7 Å². The molecule has 0 aliphatic rings. The van der Waals surface area contributed by atoms with E-state index in [1.807, 2.05) is 12.1 Å². The molecule has 0 heterocycles. The highest BCUT2D eigenvalue weighted by Gasteiger charge is 2.14. The van der Waals surface area contributed by atoms with Crippen LogP contribution in [0.15, 0.2) is 35.3 Å². The van der Waals surface area contributed by atoms with E-state index in [-0.39, 0.29) is 5.56 Å². The maximum atomic E-state index is 10.8. The molecule has 3 nitrogen and oxygen atoms in total. The molecule has 0 spiro atoms. The lowest BCUT2D eigenvalue weighted by molar-refractivity contribution is 0.0697. The first-order valence-corrected chi connectivity index (χ1v) is 6.17. The highest BCUT2D eigenvalue weighted by atomic mass is 79.9. The Kier molecular flexibility index (Phi) is 4.75. The summed E-state index contributed by atoms with van der Waals surface area (Å²) >= 11 is 3.42. The Balaban J connectivity index is 3.12.